The third-order valence-corrected chi connectivity index (χ3v) is 7.29. The predicted molar refractivity (Wildman–Crippen MR) is 143 cm³/mol. The summed E-state index contributed by atoms with van der Waals surface area (Å²) in [5.41, 5.74) is 4.10. The Morgan fingerprint density at radius 3 is 2.63 bits per heavy atom. The van der Waals surface area contributed by atoms with Crippen molar-refractivity contribution in [1.29, 1.82) is 5.26 Å². The van der Waals surface area contributed by atoms with Crippen LogP contribution in [0.1, 0.15) is 24.5 Å². The molecule has 0 aromatic carbocycles. The van der Waals surface area contributed by atoms with Gasteiger partial charge in [-0.05, 0) is 37.1 Å². The topological polar surface area (TPSA) is 91.8 Å². The maximum atomic E-state index is 9.86. The molecule has 0 aliphatic carbocycles. The number of ether oxygens (including phenoxy) is 2. The minimum Gasteiger partial charge on any atom is -0.481 e. The van der Waals surface area contributed by atoms with Gasteiger partial charge in [0.2, 0.25) is 5.88 Å². The number of hydrogen-bond donors (Lipinski definition) is 0. The highest BCUT2D eigenvalue weighted by molar-refractivity contribution is 5.85. The van der Waals surface area contributed by atoms with Crippen LogP contribution in [0.25, 0.3) is 16.6 Å². The molecule has 0 N–H and O–H groups in total. The highest BCUT2D eigenvalue weighted by Crippen LogP contribution is 2.36. The van der Waals surface area contributed by atoms with Gasteiger partial charge in [-0.15, -0.1) is 11.0 Å². The van der Waals surface area contributed by atoms with Crippen molar-refractivity contribution in [2.45, 2.75) is 32.0 Å². The van der Waals surface area contributed by atoms with E-state index < -0.39 is 0 Å². The van der Waals surface area contributed by atoms with Crippen LogP contribution in [0.5, 0.6) is 11.8 Å². The summed E-state index contributed by atoms with van der Waals surface area (Å²) in [6.45, 7) is 4.73. The zero-order chi connectivity index (χ0) is 26.1. The van der Waals surface area contributed by atoms with Gasteiger partial charge in [0, 0.05) is 67.5 Å². The molecule has 0 radical (unpaired) electrons. The lowest BCUT2D eigenvalue weighted by atomic mass is 9.87. The number of piperazine rings is 1. The molecule has 2 bridgehead atoms. The number of rotatable bonds is 7. The van der Waals surface area contributed by atoms with Gasteiger partial charge in [-0.1, -0.05) is 18.1 Å². The highest BCUT2D eigenvalue weighted by Gasteiger charge is 2.44. The zero-order valence-electron chi connectivity index (χ0n) is 21.3. The van der Waals surface area contributed by atoms with Crippen molar-refractivity contribution in [1.82, 2.24) is 24.5 Å². The first kappa shape index (κ1) is 23.8. The van der Waals surface area contributed by atoms with Crippen molar-refractivity contribution < 1.29 is 9.47 Å². The molecule has 3 fully saturated rings. The van der Waals surface area contributed by atoms with Crippen LogP contribution in [0.15, 0.2) is 55.0 Å². The molecule has 0 saturated carbocycles. The van der Waals surface area contributed by atoms with E-state index in [4.69, 9.17) is 14.5 Å². The largest absolute Gasteiger partial charge is 0.481 e. The summed E-state index contributed by atoms with van der Waals surface area (Å²) in [4.78, 5) is 14.1. The Kier molecular flexibility index (Phi) is 6.28. The summed E-state index contributed by atoms with van der Waals surface area (Å²) in [7, 11) is 1.63. The lowest BCUT2D eigenvalue weighted by Gasteiger charge is -2.56. The van der Waals surface area contributed by atoms with Gasteiger partial charge in [0.15, 0.2) is 6.61 Å². The second-order valence-electron chi connectivity index (χ2n) is 9.46. The Labute approximate surface area is 221 Å². The Hall–Kier alpha value is -4.60. The first-order valence-electron chi connectivity index (χ1n) is 12.6. The first-order valence-corrected chi connectivity index (χ1v) is 12.6. The van der Waals surface area contributed by atoms with Crippen LogP contribution in [-0.4, -0.2) is 63.4 Å². The summed E-state index contributed by atoms with van der Waals surface area (Å²) in [5, 5.41) is 14.3. The summed E-state index contributed by atoms with van der Waals surface area (Å²) in [6, 6.07) is 15.3. The molecule has 38 heavy (non-hydrogen) atoms. The molecule has 190 valence electrons. The van der Waals surface area contributed by atoms with E-state index in [1.165, 1.54) is 12.0 Å². The quantitative estimate of drug-likeness (QED) is 0.352. The minimum absolute atomic E-state index is 0.187. The van der Waals surface area contributed by atoms with E-state index in [0.29, 0.717) is 29.0 Å². The summed E-state index contributed by atoms with van der Waals surface area (Å²) < 4.78 is 12.5. The van der Waals surface area contributed by atoms with E-state index in [2.05, 4.69) is 56.0 Å². The Morgan fingerprint density at radius 1 is 1.08 bits per heavy atom. The molecule has 7 heterocycles. The van der Waals surface area contributed by atoms with Crippen molar-refractivity contribution in [3.8, 4) is 40.8 Å². The standard InChI is InChI=1S/C29H27N7O2/c1-3-4-12-38-29-25(14-30)28-24(6-5-11-36(28)33-29)21-8-9-26(31-16-21)34-18-22-13-23(19-34)35(22)17-20-7-10-27(37-2)32-15-20/h5-11,15-16,22-23H,12-13,17-19H2,1-2H3. The van der Waals surface area contributed by atoms with E-state index >= 15 is 0 Å². The lowest BCUT2D eigenvalue weighted by molar-refractivity contribution is -0.00876. The molecular formula is C29H27N7O2. The van der Waals surface area contributed by atoms with Crippen molar-refractivity contribution in [3.63, 3.8) is 0 Å². The molecule has 2 unspecified atom stereocenters. The maximum absolute atomic E-state index is 9.86. The van der Waals surface area contributed by atoms with Gasteiger partial charge in [-0.2, -0.15) is 5.26 Å². The monoisotopic (exact) mass is 505 g/mol. The number of pyridine rings is 3. The minimum atomic E-state index is 0.187. The van der Waals surface area contributed by atoms with Crippen molar-refractivity contribution in [2.75, 3.05) is 31.7 Å². The molecule has 0 spiro atoms. The average molecular weight is 506 g/mol. The predicted octanol–water partition coefficient (Wildman–Crippen LogP) is 3.54. The van der Waals surface area contributed by atoms with Gasteiger partial charge >= 0.3 is 0 Å². The van der Waals surface area contributed by atoms with Crippen LogP contribution >= 0.6 is 0 Å². The molecule has 3 aliphatic rings. The van der Waals surface area contributed by atoms with Gasteiger partial charge in [0.1, 0.15) is 17.5 Å². The third kappa shape index (κ3) is 4.27. The summed E-state index contributed by atoms with van der Waals surface area (Å²) in [6.07, 6.45) is 6.81. The molecule has 4 aromatic rings. The number of nitrogens with zero attached hydrogens (tertiary/aromatic N) is 7. The van der Waals surface area contributed by atoms with E-state index in [1.807, 2.05) is 36.8 Å². The first-order chi connectivity index (χ1) is 18.7. The fourth-order valence-corrected chi connectivity index (χ4v) is 5.39. The smallest absolute Gasteiger partial charge is 0.253 e. The fourth-order valence-electron chi connectivity index (χ4n) is 5.39. The third-order valence-electron chi connectivity index (χ3n) is 7.29. The molecule has 7 rings (SSSR count). The Bertz CT molecular complexity index is 1550. The van der Waals surface area contributed by atoms with Gasteiger partial charge in [0.05, 0.1) is 12.6 Å². The van der Waals surface area contributed by atoms with Crippen molar-refractivity contribution >= 4 is 11.3 Å². The number of fused-ring (bicyclic) bond motifs is 3. The highest BCUT2D eigenvalue weighted by atomic mass is 16.5. The molecule has 3 aliphatic heterocycles. The molecule has 9 heteroatoms. The van der Waals surface area contributed by atoms with Crippen LogP contribution in [-0.2, 0) is 6.54 Å². The Balaban J connectivity index is 1.18. The van der Waals surface area contributed by atoms with E-state index in [9.17, 15) is 5.26 Å². The Morgan fingerprint density at radius 2 is 1.95 bits per heavy atom. The molecule has 9 nitrogen and oxygen atoms in total. The van der Waals surface area contributed by atoms with Gasteiger partial charge < -0.3 is 14.4 Å². The summed E-state index contributed by atoms with van der Waals surface area (Å²) >= 11 is 0. The average Bonchev–Trinajstić information content (AvgIpc) is 3.34. The number of hydrogen-bond acceptors (Lipinski definition) is 8. The molecule has 4 aromatic heterocycles. The number of nitriles is 1. The lowest BCUT2D eigenvalue weighted by Crippen LogP contribution is -2.68. The number of methoxy groups -OCH3 is 1. The van der Waals surface area contributed by atoms with Gasteiger partial charge in [0.25, 0.3) is 5.88 Å². The SMILES string of the molecule is CC#CCOc1nn2cccc(-c3ccc(N4CC5CC(C4)N5Cc4ccc(OC)nc4)nc3)c2c1C#N. The summed E-state index contributed by atoms with van der Waals surface area (Å²) in [5.74, 6) is 7.53. The molecule has 2 atom stereocenters. The fraction of sp³-hybridized carbons (Fsp3) is 0.310. The molecule has 3 saturated heterocycles. The van der Waals surface area contributed by atoms with E-state index in [0.717, 1.165) is 36.6 Å². The second-order valence-corrected chi connectivity index (χ2v) is 9.46. The van der Waals surface area contributed by atoms with Crippen LogP contribution < -0.4 is 14.4 Å². The normalized spacial score (nSPS) is 18.3. The van der Waals surface area contributed by atoms with Gasteiger partial charge in [-0.3, -0.25) is 4.90 Å². The molecule has 0 amide bonds. The zero-order valence-corrected chi connectivity index (χ0v) is 21.3. The number of aromatic nitrogens is 4. The van der Waals surface area contributed by atoms with E-state index in [-0.39, 0.29) is 12.5 Å². The van der Waals surface area contributed by atoms with Gasteiger partial charge in [-0.25, -0.2) is 14.5 Å². The molecular weight excluding hydrogens is 478 g/mol. The number of piperidine rings is 1. The van der Waals surface area contributed by atoms with Crippen molar-refractivity contribution in [3.05, 3.63) is 66.1 Å². The van der Waals surface area contributed by atoms with Crippen LogP contribution in [0.3, 0.4) is 0 Å². The maximum Gasteiger partial charge on any atom is 0.253 e. The number of anilines is 1. The van der Waals surface area contributed by atoms with Crippen LogP contribution in [0, 0.1) is 23.2 Å². The van der Waals surface area contributed by atoms with Crippen LogP contribution in [0.2, 0.25) is 0 Å². The second kappa shape index (κ2) is 10.0. The van der Waals surface area contributed by atoms with Crippen molar-refractivity contribution in [2.24, 2.45) is 0 Å². The van der Waals surface area contributed by atoms with E-state index in [1.54, 1.807) is 18.5 Å². The van der Waals surface area contributed by atoms with Crippen LogP contribution in [0.4, 0.5) is 5.82 Å².